The maximum absolute atomic E-state index is 12.1. The number of carbonyl (C=O) groups excluding carboxylic acids is 1. The number of hydrogen-bond donors (Lipinski definition) is 2. The number of carbonyl (C=O) groups is 1. The molecule has 9 nitrogen and oxygen atoms in total. The van der Waals surface area contributed by atoms with Crippen molar-refractivity contribution in [1.29, 1.82) is 0 Å². The lowest BCUT2D eigenvalue weighted by Gasteiger charge is -2.12. The van der Waals surface area contributed by atoms with Gasteiger partial charge in [0, 0.05) is 15.8 Å². The summed E-state index contributed by atoms with van der Waals surface area (Å²) in [6.45, 7) is 3.84. The Morgan fingerprint density at radius 3 is 2.38 bits per heavy atom. The summed E-state index contributed by atoms with van der Waals surface area (Å²) in [5.74, 6) is 0.217. The summed E-state index contributed by atoms with van der Waals surface area (Å²) in [5.41, 5.74) is 1.27. The van der Waals surface area contributed by atoms with Gasteiger partial charge >= 0.3 is 16.3 Å². The molecule has 0 saturated heterocycles. The van der Waals surface area contributed by atoms with E-state index in [2.05, 4.69) is 37.9 Å². The third kappa shape index (κ3) is 6.29. The van der Waals surface area contributed by atoms with Gasteiger partial charge in [0.25, 0.3) is 0 Å². The predicted molar refractivity (Wildman–Crippen MR) is 104 cm³/mol. The van der Waals surface area contributed by atoms with E-state index >= 15 is 0 Å². The molecule has 0 aliphatic carbocycles. The topological polar surface area (TPSA) is 120 Å². The Bertz CT molecular complexity index is 871. The third-order valence-corrected chi connectivity index (χ3v) is 4.08. The molecule has 2 N–H and O–H groups in total. The van der Waals surface area contributed by atoms with Crippen LogP contribution in [-0.4, -0.2) is 35.5 Å². The lowest BCUT2D eigenvalue weighted by molar-refractivity contribution is 0.255. The van der Waals surface area contributed by atoms with Crippen LogP contribution in [0.3, 0.4) is 0 Å². The zero-order valence-corrected chi connectivity index (χ0v) is 17.0. The Balaban J connectivity index is 2.05. The number of para-hydroxylation sites is 2. The monoisotopic (exact) mass is 492 g/mol. The molecule has 140 valence electrons. The number of amides is 2. The first-order valence-electron chi connectivity index (χ1n) is 7.42. The second-order valence-corrected chi connectivity index (χ2v) is 7.41. The lowest BCUT2D eigenvalue weighted by Crippen LogP contribution is -2.37. The summed E-state index contributed by atoms with van der Waals surface area (Å²) in [7, 11) is -4.42. The van der Waals surface area contributed by atoms with E-state index < -0.39 is 16.3 Å². The molecule has 1 aromatic heterocycles. The van der Waals surface area contributed by atoms with E-state index in [-0.39, 0.29) is 17.4 Å². The van der Waals surface area contributed by atoms with E-state index in [0.717, 1.165) is 4.43 Å². The first-order chi connectivity index (χ1) is 12.3. The minimum Gasteiger partial charge on any atom is -0.489 e. The fourth-order valence-corrected chi connectivity index (χ4v) is 2.86. The van der Waals surface area contributed by atoms with Gasteiger partial charge in [-0.1, -0.05) is 34.7 Å². The Morgan fingerprint density at radius 2 is 1.77 bits per heavy atom. The van der Waals surface area contributed by atoms with Crippen molar-refractivity contribution in [3.05, 3.63) is 41.7 Å². The number of nitrogens with zero attached hydrogens (tertiary/aromatic N) is 2. The van der Waals surface area contributed by atoms with Crippen LogP contribution in [0, 0.1) is 13.8 Å². The fraction of sp³-hybridized carbons (Fsp3) is 0.267. The van der Waals surface area contributed by atoms with E-state index in [0.29, 0.717) is 18.0 Å². The number of benzene rings is 1. The van der Waals surface area contributed by atoms with Crippen LogP contribution in [0.4, 0.5) is 10.7 Å². The molecule has 0 bridgehead atoms. The summed E-state index contributed by atoms with van der Waals surface area (Å²) in [6.07, 6.45) is 0. The van der Waals surface area contributed by atoms with E-state index in [1.165, 1.54) is 6.07 Å². The number of aromatic nitrogens is 2. The number of halogens is 1. The Kier molecular flexibility index (Phi) is 6.97. The molecule has 2 amide bonds. The first-order valence-corrected chi connectivity index (χ1v) is 10.4. The van der Waals surface area contributed by atoms with Gasteiger partial charge in [0.2, 0.25) is 5.95 Å². The number of alkyl halides is 1. The van der Waals surface area contributed by atoms with Crippen LogP contribution in [0.15, 0.2) is 30.3 Å². The number of rotatable bonds is 7. The smallest absolute Gasteiger partial charge is 0.411 e. The highest BCUT2D eigenvalue weighted by atomic mass is 127. The number of hydrogen-bond acceptors (Lipinski definition) is 7. The minimum atomic E-state index is -4.42. The minimum absolute atomic E-state index is 0.0130. The van der Waals surface area contributed by atoms with Crippen LogP contribution in [0.5, 0.6) is 11.5 Å². The van der Waals surface area contributed by atoms with Crippen molar-refractivity contribution in [3.8, 4) is 11.5 Å². The molecular weight excluding hydrogens is 475 g/mol. The molecule has 0 fully saturated rings. The molecule has 0 saturated carbocycles. The molecule has 26 heavy (non-hydrogen) atoms. The van der Waals surface area contributed by atoms with Crippen LogP contribution in [0.2, 0.25) is 0 Å². The zero-order valence-electron chi connectivity index (χ0n) is 14.0. The van der Waals surface area contributed by atoms with E-state index in [9.17, 15) is 13.2 Å². The summed E-state index contributed by atoms with van der Waals surface area (Å²) >= 11 is 2.12. The van der Waals surface area contributed by atoms with Gasteiger partial charge < -0.3 is 8.92 Å². The molecule has 0 unspecified atom stereocenters. The number of aryl methyl sites for hydroxylation is 2. The largest absolute Gasteiger partial charge is 0.489 e. The number of anilines is 1. The lowest BCUT2D eigenvalue weighted by atomic mass is 10.3. The molecule has 0 radical (unpaired) electrons. The molecule has 1 heterocycles. The number of ether oxygens (including phenoxy) is 1. The number of nitrogens with one attached hydrogen (secondary N) is 2. The molecule has 0 aliphatic heterocycles. The van der Waals surface area contributed by atoms with Crippen LogP contribution >= 0.6 is 22.6 Å². The normalized spacial score (nSPS) is 10.9. The van der Waals surface area contributed by atoms with Gasteiger partial charge in [-0.25, -0.2) is 19.5 Å². The summed E-state index contributed by atoms with van der Waals surface area (Å²) in [4.78, 5) is 19.9. The van der Waals surface area contributed by atoms with Crippen LogP contribution in [-0.2, 0) is 10.3 Å². The van der Waals surface area contributed by atoms with E-state index in [1.807, 2.05) is 0 Å². The highest BCUT2D eigenvalue weighted by Gasteiger charge is 2.20. The van der Waals surface area contributed by atoms with Gasteiger partial charge in [-0.15, -0.1) is 0 Å². The van der Waals surface area contributed by atoms with Gasteiger partial charge in [0.05, 0.1) is 6.61 Å². The van der Waals surface area contributed by atoms with E-state index in [4.69, 9.17) is 8.92 Å². The quantitative estimate of drug-likeness (QED) is 0.450. The Hall–Kier alpha value is -2.15. The highest BCUT2D eigenvalue weighted by molar-refractivity contribution is 14.1. The van der Waals surface area contributed by atoms with Gasteiger partial charge in [-0.05, 0) is 32.0 Å². The standard InChI is InChI=1S/C15H17IN4O5S/c1-10-9-11(2)18-14(17-10)19-15(21)20-26(22,23)25-13-6-4-3-5-12(13)24-8-7-16/h3-6,9H,7-8H2,1-2H3,(H2,17,18,19,20,21). The van der Waals surface area contributed by atoms with Crippen molar-refractivity contribution < 1.29 is 22.1 Å². The van der Waals surface area contributed by atoms with Crippen LogP contribution in [0.25, 0.3) is 0 Å². The van der Waals surface area contributed by atoms with Crippen molar-refractivity contribution in [2.24, 2.45) is 0 Å². The Morgan fingerprint density at radius 1 is 1.15 bits per heavy atom. The molecule has 11 heteroatoms. The van der Waals surface area contributed by atoms with Crippen molar-refractivity contribution in [3.63, 3.8) is 0 Å². The number of urea groups is 1. The molecular formula is C15H17IN4O5S. The maximum Gasteiger partial charge on any atom is 0.411 e. The average Bonchev–Trinajstić information content (AvgIpc) is 2.51. The summed E-state index contributed by atoms with van der Waals surface area (Å²) in [5, 5.41) is 2.25. The molecule has 2 aromatic rings. The SMILES string of the molecule is Cc1cc(C)nc(NC(=O)NS(=O)(=O)Oc2ccccc2OCCI)n1. The van der Waals surface area contributed by atoms with E-state index in [1.54, 1.807) is 42.8 Å². The molecule has 1 aromatic carbocycles. The van der Waals surface area contributed by atoms with Crippen LogP contribution < -0.4 is 19.0 Å². The summed E-state index contributed by atoms with van der Waals surface area (Å²) in [6, 6.07) is 6.94. The fourth-order valence-electron chi connectivity index (χ4n) is 1.95. The van der Waals surface area contributed by atoms with Crippen molar-refractivity contribution >= 4 is 44.9 Å². The van der Waals surface area contributed by atoms with Gasteiger partial charge in [-0.2, -0.15) is 8.42 Å². The van der Waals surface area contributed by atoms with Gasteiger partial charge in [0.15, 0.2) is 11.5 Å². The third-order valence-electron chi connectivity index (χ3n) is 2.81. The second kappa shape index (κ2) is 8.98. The Labute approximate surface area is 164 Å². The van der Waals surface area contributed by atoms with Crippen molar-refractivity contribution in [2.75, 3.05) is 16.4 Å². The zero-order chi connectivity index (χ0) is 19.2. The molecule has 0 spiro atoms. The highest BCUT2D eigenvalue weighted by Crippen LogP contribution is 2.27. The molecule has 2 rings (SSSR count). The second-order valence-electron chi connectivity index (χ2n) is 5.05. The van der Waals surface area contributed by atoms with Gasteiger partial charge in [0.1, 0.15) is 0 Å². The molecule has 0 aliphatic rings. The summed E-state index contributed by atoms with van der Waals surface area (Å²) < 4.78 is 36.9. The predicted octanol–water partition coefficient (Wildman–Crippen LogP) is 2.35. The van der Waals surface area contributed by atoms with Crippen LogP contribution in [0.1, 0.15) is 11.4 Å². The average molecular weight is 492 g/mol. The first kappa shape index (κ1) is 20.2. The molecule has 0 atom stereocenters. The van der Waals surface area contributed by atoms with Crippen molar-refractivity contribution in [1.82, 2.24) is 14.7 Å². The maximum atomic E-state index is 12.1. The van der Waals surface area contributed by atoms with Crippen molar-refractivity contribution in [2.45, 2.75) is 13.8 Å². The van der Waals surface area contributed by atoms with Gasteiger partial charge in [-0.3, -0.25) is 5.32 Å².